The Balaban J connectivity index is 2.39. The largest absolute Gasteiger partial charge is 0.433 e. The number of nitrogens with zero attached hydrogens (tertiary/aromatic N) is 1. The lowest BCUT2D eigenvalue weighted by molar-refractivity contribution is -0.402. The molecule has 0 radical (unpaired) electrons. The van der Waals surface area contributed by atoms with Crippen LogP contribution in [0.5, 0.6) is 0 Å². The van der Waals surface area contributed by atoms with E-state index >= 15 is 0 Å². The van der Waals surface area contributed by atoms with Crippen molar-refractivity contribution in [3.05, 3.63) is 63.4 Å². The smallest absolute Gasteiger partial charge is 0.404 e. The van der Waals surface area contributed by atoms with Crippen molar-refractivity contribution in [2.75, 3.05) is 6.54 Å². The van der Waals surface area contributed by atoms with Crippen LogP contribution in [-0.2, 0) is 0 Å². The Kier molecular flexibility index (Phi) is 4.64. The Hall–Kier alpha value is -2.28. The molecule has 0 aliphatic carbocycles. The van der Waals surface area contributed by atoms with Crippen LogP contribution in [0.4, 0.5) is 14.7 Å². The van der Waals surface area contributed by atoms with E-state index in [1.54, 1.807) is 0 Å². The van der Waals surface area contributed by atoms with Gasteiger partial charge in [-0.25, -0.2) is 8.78 Å². The minimum atomic E-state index is -0.734. The molecule has 2 aromatic rings. The van der Waals surface area contributed by atoms with E-state index in [4.69, 9.17) is 4.42 Å². The Morgan fingerprint density at radius 2 is 2.10 bits per heavy atom. The summed E-state index contributed by atoms with van der Waals surface area (Å²) in [6.45, 7) is 2.48. The third kappa shape index (κ3) is 3.43. The molecular weight excluding hydrogens is 282 g/mol. The van der Waals surface area contributed by atoms with Gasteiger partial charge in [0.05, 0.1) is 12.1 Å². The molecule has 1 unspecified atom stereocenters. The van der Waals surface area contributed by atoms with Crippen LogP contribution in [0.3, 0.4) is 0 Å². The number of hydrogen-bond donors (Lipinski definition) is 1. The van der Waals surface area contributed by atoms with Gasteiger partial charge in [-0.2, -0.15) is 0 Å². The van der Waals surface area contributed by atoms with Gasteiger partial charge in [0.15, 0.2) is 0 Å². The van der Waals surface area contributed by atoms with E-state index in [2.05, 4.69) is 5.32 Å². The van der Waals surface area contributed by atoms with Gasteiger partial charge in [0.1, 0.15) is 22.3 Å². The van der Waals surface area contributed by atoms with Crippen molar-refractivity contribution in [3.8, 4) is 0 Å². The number of furan rings is 1. The van der Waals surface area contributed by atoms with Gasteiger partial charge in [0, 0.05) is 11.6 Å². The van der Waals surface area contributed by atoms with Gasteiger partial charge in [0.25, 0.3) is 0 Å². The molecule has 0 fully saturated rings. The molecule has 21 heavy (non-hydrogen) atoms. The zero-order valence-electron chi connectivity index (χ0n) is 11.3. The summed E-state index contributed by atoms with van der Waals surface area (Å²) >= 11 is 0. The molecule has 1 N–H and O–H groups in total. The zero-order valence-corrected chi connectivity index (χ0v) is 11.3. The van der Waals surface area contributed by atoms with Crippen molar-refractivity contribution in [2.45, 2.75) is 19.4 Å². The molecule has 0 aliphatic rings. The van der Waals surface area contributed by atoms with Crippen LogP contribution in [0.15, 0.2) is 34.7 Å². The first kappa shape index (κ1) is 15.1. The molecule has 1 heterocycles. The molecule has 1 aromatic carbocycles. The maximum atomic E-state index is 13.9. The Labute approximate surface area is 119 Å². The number of rotatable bonds is 6. The minimum Gasteiger partial charge on any atom is -0.404 e. The lowest BCUT2D eigenvalue weighted by atomic mass is 10.0. The van der Waals surface area contributed by atoms with Crippen LogP contribution in [0, 0.1) is 21.7 Å². The fourth-order valence-electron chi connectivity index (χ4n) is 1.98. The molecule has 0 saturated heterocycles. The third-order valence-corrected chi connectivity index (χ3v) is 2.95. The molecule has 112 valence electrons. The molecule has 0 spiro atoms. The molecule has 2 rings (SSSR count). The van der Waals surface area contributed by atoms with Gasteiger partial charge < -0.3 is 9.73 Å². The van der Waals surface area contributed by atoms with Gasteiger partial charge in [-0.05, 0) is 25.1 Å². The second kappa shape index (κ2) is 6.45. The predicted octanol–water partition coefficient (Wildman–Crippen LogP) is 3.56. The summed E-state index contributed by atoms with van der Waals surface area (Å²) in [5, 5.41) is 13.7. The van der Waals surface area contributed by atoms with Gasteiger partial charge in [0.2, 0.25) is 0 Å². The molecular formula is C14H14F2N2O3. The summed E-state index contributed by atoms with van der Waals surface area (Å²) in [7, 11) is 0. The van der Waals surface area contributed by atoms with Gasteiger partial charge in [-0.3, -0.25) is 10.1 Å². The van der Waals surface area contributed by atoms with Crippen molar-refractivity contribution in [1.82, 2.24) is 5.32 Å². The van der Waals surface area contributed by atoms with Crippen molar-refractivity contribution < 1.29 is 18.1 Å². The summed E-state index contributed by atoms with van der Waals surface area (Å²) in [6, 6.07) is 5.11. The molecule has 1 aromatic heterocycles. The van der Waals surface area contributed by atoms with Gasteiger partial charge in [-0.1, -0.05) is 13.0 Å². The SMILES string of the molecule is CCCNC(c1ccc([N+](=O)[O-])o1)c1ccc(F)cc1F. The number of benzene rings is 1. The lowest BCUT2D eigenvalue weighted by Crippen LogP contribution is -2.23. The molecule has 0 bridgehead atoms. The first-order chi connectivity index (χ1) is 10.0. The highest BCUT2D eigenvalue weighted by atomic mass is 19.1. The number of nitrogens with one attached hydrogen (secondary N) is 1. The maximum absolute atomic E-state index is 13.9. The molecule has 0 aliphatic heterocycles. The summed E-state index contributed by atoms with van der Waals surface area (Å²) in [5.74, 6) is -1.63. The van der Waals surface area contributed by atoms with Crippen LogP contribution in [0.1, 0.15) is 30.7 Å². The number of hydrogen-bond acceptors (Lipinski definition) is 4. The molecule has 0 amide bonds. The van der Waals surface area contributed by atoms with E-state index in [1.807, 2.05) is 6.92 Å². The van der Waals surface area contributed by atoms with Crippen LogP contribution in [0.2, 0.25) is 0 Å². The zero-order chi connectivity index (χ0) is 15.4. The van der Waals surface area contributed by atoms with E-state index in [9.17, 15) is 18.9 Å². The highest BCUT2D eigenvalue weighted by Crippen LogP contribution is 2.28. The molecule has 5 nitrogen and oxygen atoms in total. The van der Waals surface area contributed by atoms with Gasteiger partial charge in [-0.15, -0.1) is 0 Å². The first-order valence-electron chi connectivity index (χ1n) is 6.45. The second-order valence-electron chi connectivity index (χ2n) is 4.49. The molecule has 0 saturated carbocycles. The lowest BCUT2D eigenvalue weighted by Gasteiger charge is -2.17. The van der Waals surface area contributed by atoms with Crippen molar-refractivity contribution in [2.24, 2.45) is 0 Å². The van der Waals surface area contributed by atoms with E-state index in [-0.39, 0.29) is 11.3 Å². The van der Waals surface area contributed by atoms with Crippen LogP contribution in [0.25, 0.3) is 0 Å². The summed E-state index contributed by atoms with van der Waals surface area (Å²) in [6.07, 6.45) is 0.780. The third-order valence-electron chi connectivity index (χ3n) is 2.95. The van der Waals surface area contributed by atoms with E-state index in [0.29, 0.717) is 6.54 Å². The summed E-state index contributed by atoms with van der Waals surface area (Å²) < 4.78 is 32.0. The summed E-state index contributed by atoms with van der Waals surface area (Å²) in [5.41, 5.74) is 0.175. The Morgan fingerprint density at radius 1 is 1.33 bits per heavy atom. The van der Waals surface area contributed by atoms with Crippen molar-refractivity contribution >= 4 is 5.88 Å². The predicted molar refractivity (Wildman–Crippen MR) is 71.9 cm³/mol. The number of halogens is 2. The van der Waals surface area contributed by atoms with E-state index < -0.39 is 28.5 Å². The normalized spacial score (nSPS) is 12.3. The van der Waals surface area contributed by atoms with Crippen molar-refractivity contribution in [1.29, 1.82) is 0 Å². The maximum Gasteiger partial charge on any atom is 0.433 e. The van der Waals surface area contributed by atoms with E-state index in [1.165, 1.54) is 18.2 Å². The van der Waals surface area contributed by atoms with Crippen LogP contribution in [-0.4, -0.2) is 11.5 Å². The topological polar surface area (TPSA) is 68.3 Å². The van der Waals surface area contributed by atoms with Crippen LogP contribution >= 0.6 is 0 Å². The first-order valence-corrected chi connectivity index (χ1v) is 6.45. The fourth-order valence-corrected chi connectivity index (χ4v) is 1.98. The average Bonchev–Trinajstić information content (AvgIpc) is 2.91. The standard InChI is InChI=1S/C14H14F2N2O3/c1-2-7-17-14(10-4-3-9(15)8-11(10)16)12-5-6-13(21-12)18(19)20/h3-6,8,14,17H,2,7H2,1H3. The number of nitro groups is 1. The van der Waals surface area contributed by atoms with Gasteiger partial charge >= 0.3 is 5.88 Å². The minimum absolute atomic E-state index is 0.175. The highest BCUT2D eigenvalue weighted by Gasteiger charge is 2.23. The second-order valence-corrected chi connectivity index (χ2v) is 4.49. The Morgan fingerprint density at radius 3 is 2.67 bits per heavy atom. The molecule has 1 atom stereocenters. The Bertz CT molecular complexity index is 643. The average molecular weight is 296 g/mol. The van der Waals surface area contributed by atoms with Crippen LogP contribution < -0.4 is 5.32 Å². The summed E-state index contributed by atoms with van der Waals surface area (Å²) in [4.78, 5) is 10.0. The highest BCUT2D eigenvalue weighted by molar-refractivity contribution is 5.31. The monoisotopic (exact) mass is 296 g/mol. The van der Waals surface area contributed by atoms with Crippen molar-refractivity contribution in [3.63, 3.8) is 0 Å². The fraction of sp³-hybridized carbons (Fsp3) is 0.286. The van der Waals surface area contributed by atoms with E-state index in [0.717, 1.165) is 18.6 Å². The quantitative estimate of drug-likeness (QED) is 0.653. The molecule has 7 heteroatoms.